The van der Waals surface area contributed by atoms with E-state index in [2.05, 4.69) is 10.7 Å². The maximum atomic E-state index is 12.5. The molecule has 7 heteroatoms. The zero-order valence-corrected chi connectivity index (χ0v) is 15.7. The number of nitrogens with one attached hydrogen (secondary N) is 1. The summed E-state index contributed by atoms with van der Waals surface area (Å²) in [6, 6.07) is 6.01. The highest BCUT2D eigenvalue weighted by atomic mass is 32.1. The fourth-order valence-electron chi connectivity index (χ4n) is 5.99. The van der Waals surface area contributed by atoms with Crippen molar-refractivity contribution in [2.75, 3.05) is 5.32 Å². The van der Waals surface area contributed by atoms with Gasteiger partial charge in [-0.3, -0.25) is 20.2 Å². The lowest BCUT2D eigenvalue weighted by Gasteiger charge is -2.56. The summed E-state index contributed by atoms with van der Waals surface area (Å²) in [5.41, 5.74) is 1.18. The van der Waals surface area contributed by atoms with E-state index in [1.165, 1.54) is 62.0 Å². The van der Waals surface area contributed by atoms with E-state index < -0.39 is 10.8 Å². The molecule has 4 saturated carbocycles. The molecule has 0 unspecified atom stereocenters. The first-order valence-electron chi connectivity index (χ1n) is 9.53. The molecule has 0 radical (unpaired) electrons. The first kappa shape index (κ1) is 16.9. The van der Waals surface area contributed by atoms with Crippen molar-refractivity contribution >= 4 is 28.1 Å². The van der Waals surface area contributed by atoms with Crippen LogP contribution in [0.25, 0.3) is 0 Å². The maximum absolute atomic E-state index is 12.5. The lowest BCUT2D eigenvalue weighted by molar-refractivity contribution is -0.385. The Morgan fingerprint density at radius 2 is 1.78 bits per heavy atom. The van der Waals surface area contributed by atoms with Gasteiger partial charge in [-0.15, -0.1) is 11.3 Å². The lowest BCUT2D eigenvalue weighted by Crippen LogP contribution is -2.48. The monoisotopic (exact) mass is 383 g/mol. The Hall–Kier alpha value is -2.28. The molecule has 1 N–H and O–H groups in total. The number of nitrogens with zero attached hydrogens (tertiary/aromatic N) is 2. The minimum Gasteiger partial charge on any atom is -0.298 e. The van der Waals surface area contributed by atoms with Gasteiger partial charge in [0.25, 0.3) is 11.6 Å². The summed E-state index contributed by atoms with van der Waals surface area (Å²) in [5.74, 6) is 2.03. The van der Waals surface area contributed by atoms with E-state index in [1.54, 1.807) is 12.1 Å². The fourth-order valence-corrected chi connectivity index (χ4v) is 6.82. The number of carbonyl (C=O) groups is 1. The number of hydrogen-bond donors (Lipinski definition) is 1. The van der Waals surface area contributed by atoms with Crippen LogP contribution in [0.4, 0.5) is 10.8 Å². The molecule has 4 bridgehead atoms. The van der Waals surface area contributed by atoms with Gasteiger partial charge < -0.3 is 0 Å². The third-order valence-electron chi connectivity index (χ3n) is 6.65. The Balaban J connectivity index is 1.38. The Morgan fingerprint density at radius 1 is 1.15 bits per heavy atom. The largest absolute Gasteiger partial charge is 0.298 e. The van der Waals surface area contributed by atoms with Crippen LogP contribution in [-0.2, 0) is 5.41 Å². The third-order valence-corrected chi connectivity index (χ3v) is 7.41. The first-order chi connectivity index (χ1) is 13.0. The van der Waals surface area contributed by atoms with Crippen molar-refractivity contribution in [1.82, 2.24) is 4.98 Å². The minimum absolute atomic E-state index is 0.0639. The standard InChI is InChI=1S/C20H21N3O3S/c24-18(15-3-1-2-4-16(15)23(25)26)22-19-21-17(11-27-19)20-8-12-5-13(9-20)7-14(6-12)10-20/h1-4,11-14H,5-10H2,(H,21,22,24). The van der Waals surface area contributed by atoms with Gasteiger partial charge >= 0.3 is 0 Å². The Labute approximate surface area is 161 Å². The van der Waals surface area contributed by atoms with Crippen molar-refractivity contribution in [3.05, 3.63) is 51.0 Å². The summed E-state index contributed by atoms with van der Waals surface area (Å²) in [6.07, 6.45) is 7.81. The molecule has 27 heavy (non-hydrogen) atoms. The van der Waals surface area contributed by atoms with Crippen molar-refractivity contribution in [2.45, 2.75) is 43.9 Å². The molecule has 6 nitrogen and oxygen atoms in total. The number of aromatic nitrogens is 1. The van der Waals surface area contributed by atoms with Crippen molar-refractivity contribution < 1.29 is 9.72 Å². The van der Waals surface area contributed by atoms with E-state index in [-0.39, 0.29) is 16.7 Å². The van der Waals surface area contributed by atoms with Gasteiger partial charge in [0.1, 0.15) is 5.56 Å². The maximum Gasteiger partial charge on any atom is 0.282 e. The number of rotatable bonds is 4. The van der Waals surface area contributed by atoms with Crippen LogP contribution in [0, 0.1) is 27.9 Å². The average molecular weight is 383 g/mol. The zero-order chi connectivity index (χ0) is 18.6. The Morgan fingerprint density at radius 3 is 2.41 bits per heavy atom. The van der Waals surface area contributed by atoms with Crippen LogP contribution in [0.3, 0.4) is 0 Å². The van der Waals surface area contributed by atoms with Crippen LogP contribution in [0.5, 0.6) is 0 Å². The number of thiazole rings is 1. The number of carbonyl (C=O) groups excluding carboxylic acids is 1. The van der Waals surface area contributed by atoms with E-state index in [0.29, 0.717) is 5.13 Å². The van der Waals surface area contributed by atoms with Gasteiger partial charge in [-0.05, 0) is 62.3 Å². The molecule has 1 aromatic carbocycles. The Bertz CT molecular complexity index is 887. The van der Waals surface area contributed by atoms with Crippen molar-refractivity contribution in [1.29, 1.82) is 0 Å². The van der Waals surface area contributed by atoms with Crippen LogP contribution in [0.2, 0.25) is 0 Å². The summed E-state index contributed by atoms with van der Waals surface area (Å²) < 4.78 is 0. The highest BCUT2D eigenvalue weighted by molar-refractivity contribution is 7.14. The van der Waals surface area contributed by atoms with E-state index in [4.69, 9.17) is 4.98 Å². The van der Waals surface area contributed by atoms with Crippen LogP contribution in [0.15, 0.2) is 29.6 Å². The zero-order valence-electron chi connectivity index (χ0n) is 14.9. The van der Waals surface area contributed by atoms with Crippen LogP contribution in [-0.4, -0.2) is 15.8 Å². The van der Waals surface area contributed by atoms with E-state index in [9.17, 15) is 14.9 Å². The number of nitro groups is 1. The van der Waals surface area contributed by atoms with Gasteiger partial charge in [0.2, 0.25) is 0 Å². The number of benzene rings is 1. The second kappa shape index (κ2) is 6.12. The van der Waals surface area contributed by atoms with Gasteiger partial charge in [0, 0.05) is 16.9 Å². The van der Waals surface area contributed by atoms with Crippen molar-refractivity contribution in [3.63, 3.8) is 0 Å². The second-order valence-electron chi connectivity index (χ2n) is 8.46. The van der Waals surface area contributed by atoms with Gasteiger partial charge in [-0.1, -0.05) is 12.1 Å². The Kier molecular flexibility index (Phi) is 3.82. The highest BCUT2D eigenvalue weighted by Crippen LogP contribution is 2.60. The summed E-state index contributed by atoms with van der Waals surface area (Å²) in [5, 5.41) is 16.5. The third kappa shape index (κ3) is 2.84. The molecule has 0 atom stereocenters. The van der Waals surface area contributed by atoms with Gasteiger partial charge in [-0.2, -0.15) is 0 Å². The second-order valence-corrected chi connectivity index (χ2v) is 9.32. The van der Waals surface area contributed by atoms with Crippen LogP contribution < -0.4 is 5.32 Å². The summed E-state index contributed by atoms with van der Waals surface area (Å²) in [4.78, 5) is 27.9. The summed E-state index contributed by atoms with van der Waals surface area (Å²) >= 11 is 1.42. The SMILES string of the molecule is O=C(Nc1nc(C23CC4CC(CC(C4)C2)C3)cs1)c1ccccc1[N+](=O)[O-]. The predicted molar refractivity (Wildman–Crippen MR) is 103 cm³/mol. The lowest BCUT2D eigenvalue weighted by atomic mass is 9.49. The molecule has 6 rings (SSSR count). The molecule has 0 saturated heterocycles. The van der Waals surface area contributed by atoms with E-state index in [1.807, 2.05) is 0 Å². The number of nitro benzene ring substituents is 1. The summed E-state index contributed by atoms with van der Waals surface area (Å²) in [7, 11) is 0. The normalized spacial score (nSPS) is 31.0. The number of amides is 1. The molecule has 1 heterocycles. The smallest absolute Gasteiger partial charge is 0.282 e. The highest BCUT2D eigenvalue weighted by Gasteiger charge is 2.52. The van der Waals surface area contributed by atoms with Crippen molar-refractivity contribution in [2.24, 2.45) is 17.8 Å². The van der Waals surface area contributed by atoms with Gasteiger partial charge in [-0.25, -0.2) is 4.98 Å². The molecular weight excluding hydrogens is 362 g/mol. The van der Waals surface area contributed by atoms with Crippen molar-refractivity contribution in [3.8, 4) is 0 Å². The van der Waals surface area contributed by atoms with E-state index in [0.717, 1.165) is 23.4 Å². The molecule has 0 aliphatic heterocycles. The summed E-state index contributed by atoms with van der Waals surface area (Å²) in [6.45, 7) is 0. The molecule has 2 aromatic rings. The molecular formula is C20H21N3O3S. The van der Waals surface area contributed by atoms with Gasteiger partial charge in [0.05, 0.1) is 10.6 Å². The molecule has 4 fully saturated rings. The number of anilines is 1. The minimum atomic E-state index is -0.530. The molecule has 0 spiro atoms. The average Bonchev–Trinajstić information content (AvgIpc) is 3.10. The fraction of sp³-hybridized carbons (Fsp3) is 0.500. The van der Waals surface area contributed by atoms with Crippen LogP contribution >= 0.6 is 11.3 Å². The predicted octanol–water partition coefficient (Wildman–Crippen LogP) is 4.77. The van der Waals surface area contributed by atoms with Gasteiger partial charge in [0.15, 0.2) is 5.13 Å². The molecule has 140 valence electrons. The molecule has 4 aliphatic rings. The quantitative estimate of drug-likeness (QED) is 0.609. The van der Waals surface area contributed by atoms with E-state index >= 15 is 0 Å². The number of hydrogen-bond acceptors (Lipinski definition) is 5. The first-order valence-corrected chi connectivity index (χ1v) is 10.4. The van der Waals surface area contributed by atoms with Crippen LogP contribution in [0.1, 0.15) is 54.6 Å². The number of para-hydroxylation sites is 1. The molecule has 4 aliphatic carbocycles. The topological polar surface area (TPSA) is 85.1 Å². The molecule has 1 aromatic heterocycles. The molecule has 1 amide bonds.